The van der Waals surface area contributed by atoms with Gasteiger partial charge in [-0.25, -0.2) is 13.1 Å². The molecular weight excluding hydrogens is 360 g/mol. The van der Waals surface area contributed by atoms with Crippen molar-refractivity contribution in [2.45, 2.75) is 4.21 Å². The van der Waals surface area contributed by atoms with Gasteiger partial charge in [0, 0.05) is 18.0 Å². The van der Waals surface area contributed by atoms with Gasteiger partial charge in [0.25, 0.3) is 0 Å². The Morgan fingerprint density at radius 1 is 1.24 bits per heavy atom. The summed E-state index contributed by atoms with van der Waals surface area (Å²) >= 11 is 1.12. The van der Waals surface area contributed by atoms with Crippen LogP contribution in [0, 0.1) is 11.3 Å². The summed E-state index contributed by atoms with van der Waals surface area (Å²) in [7, 11) is -3.30. The molecule has 1 amide bonds. The van der Waals surface area contributed by atoms with E-state index in [0.29, 0.717) is 28.4 Å². The summed E-state index contributed by atoms with van der Waals surface area (Å²) in [6.07, 6.45) is 1.74. The van der Waals surface area contributed by atoms with Gasteiger partial charge in [-0.15, -0.1) is 11.3 Å². The number of sulfone groups is 1. The number of aromatic nitrogens is 2. The number of anilines is 1. The van der Waals surface area contributed by atoms with Gasteiger partial charge in [0.15, 0.2) is 15.5 Å². The van der Waals surface area contributed by atoms with Gasteiger partial charge in [-0.2, -0.15) is 10.4 Å². The normalized spacial score (nSPS) is 11.0. The van der Waals surface area contributed by atoms with E-state index in [1.165, 1.54) is 6.07 Å². The van der Waals surface area contributed by atoms with E-state index >= 15 is 0 Å². The zero-order valence-electron chi connectivity index (χ0n) is 13.0. The van der Waals surface area contributed by atoms with Crippen LogP contribution in [0.3, 0.4) is 0 Å². The van der Waals surface area contributed by atoms with Crippen molar-refractivity contribution < 1.29 is 13.2 Å². The lowest BCUT2D eigenvalue weighted by Gasteiger charge is -2.07. The molecule has 0 unspecified atom stereocenters. The Kier molecular flexibility index (Phi) is 4.39. The first-order valence-corrected chi connectivity index (χ1v) is 9.74. The third-order valence-electron chi connectivity index (χ3n) is 3.36. The van der Waals surface area contributed by atoms with Crippen LogP contribution < -0.4 is 5.32 Å². The van der Waals surface area contributed by atoms with Crippen LogP contribution in [0.25, 0.3) is 16.3 Å². The molecule has 7 nitrogen and oxygen atoms in total. The number of amides is 1. The number of nitrogens with one attached hydrogen (secondary N) is 1. The average Bonchev–Trinajstić information content (AvgIpc) is 3.22. The highest BCUT2D eigenvalue weighted by Gasteiger charge is 2.17. The molecule has 0 aliphatic carbocycles. The highest BCUT2D eigenvalue weighted by molar-refractivity contribution is 7.92. The van der Waals surface area contributed by atoms with Crippen LogP contribution >= 0.6 is 11.3 Å². The van der Waals surface area contributed by atoms with Gasteiger partial charge in [-0.1, -0.05) is 0 Å². The summed E-state index contributed by atoms with van der Waals surface area (Å²) in [5, 5.41) is 15.9. The van der Waals surface area contributed by atoms with Crippen molar-refractivity contribution in [2.75, 3.05) is 11.6 Å². The number of hydrogen-bond acceptors (Lipinski definition) is 6. The third kappa shape index (κ3) is 3.45. The molecule has 0 bridgehead atoms. The number of rotatable bonds is 5. The summed E-state index contributed by atoms with van der Waals surface area (Å²) < 4.78 is 25.2. The Balaban J connectivity index is 2.09. The smallest absolute Gasteiger partial charge is 0.211 e. The molecule has 0 fully saturated rings. The fourth-order valence-corrected chi connectivity index (χ4v) is 4.16. The van der Waals surface area contributed by atoms with Crippen molar-refractivity contribution >= 4 is 33.3 Å². The molecule has 3 aromatic rings. The molecule has 9 heteroatoms. The second kappa shape index (κ2) is 6.51. The number of hydrogen-bond donors (Lipinski definition) is 1. The minimum absolute atomic E-state index is 0.222. The lowest BCUT2D eigenvalue weighted by molar-refractivity contribution is -0.105. The van der Waals surface area contributed by atoms with Crippen molar-refractivity contribution in [3.63, 3.8) is 0 Å². The van der Waals surface area contributed by atoms with Gasteiger partial charge in [-0.3, -0.25) is 4.79 Å². The van der Waals surface area contributed by atoms with Crippen LogP contribution in [0.15, 0.2) is 46.7 Å². The molecular formula is C16H12N4O3S2. The predicted octanol–water partition coefficient (Wildman–Crippen LogP) is 2.44. The quantitative estimate of drug-likeness (QED) is 0.693. The Bertz CT molecular complexity index is 1070. The maximum atomic E-state index is 11.7. The number of carbonyl (C=O) groups is 1. The number of benzene rings is 1. The fourth-order valence-electron chi connectivity index (χ4n) is 2.23. The molecule has 1 aromatic carbocycles. The molecule has 126 valence electrons. The van der Waals surface area contributed by atoms with Crippen LogP contribution in [-0.4, -0.2) is 30.9 Å². The van der Waals surface area contributed by atoms with E-state index in [-0.39, 0.29) is 9.90 Å². The van der Waals surface area contributed by atoms with E-state index in [0.717, 1.165) is 17.6 Å². The average molecular weight is 372 g/mol. The molecule has 3 rings (SSSR count). The minimum atomic E-state index is -3.30. The highest BCUT2D eigenvalue weighted by Crippen LogP contribution is 2.32. The second-order valence-electron chi connectivity index (χ2n) is 5.14. The Hall–Kier alpha value is -2.96. The highest BCUT2D eigenvalue weighted by atomic mass is 32.2. The summed E-state index contributed by atoms with van der Waals surface area (Å²) in [4.78, 5) is 11.2. The largest absolute Gasteiger partial charge is 0.329 e. The molecule has 0 saturated heterocycles. The summed E-state index contributed by atoms with van der Waals surface area (Å²) in [6.45, 7) is 0. The van der Waals surface area contributed by atoms with E-state index in [2.05, 4.69) is 10.4 Å². The van der Waals surface area contributed by atoms with Gasteiger partial charge >= 0.3 is 0 Å². The third-order valence-corrected chi connectivity index (χ3v) is 6.29. The van der Waals surface area contributed by atoms with E-state index < -0.39 is 9.84 Å². The van der Waals surface area contributed by atoms with Crippen LogP contribution in [0.1, 0.15) is 5.69 Å². The number of thiophene rings is 1. The number of nitrogens with zero attached hydrogens (tertiary/aromatic N) is 3. The van der Waals surface area contributed by atoms with Crippen LogP contribution in [0.4, 0.5) is 5.69 Å². The summed E-state index contributed by atoms with van der Waals surface area (Å²) in [6, 6.07) is 13.7. The number of carbonyl (C=O) groups excluding carboxylic acids is 1. The van der Waals surface area contributed by atoms with E-state index in [9.17, 15) is 13.2 Å². The van der Waals surface area contributed by atoms with Crippen LogP contribution in [-0.2, 0) is 14.6 Å². The van der Waals surface area contributed by atoms with Crippen molar-refractivity contribution in [3.05, 3.63) is 48.2 Å². The van der Waals surface area contributed by atoms with Crippen LogP contribution in [0.5, 0.6) is 0 Å². The second-order valence-corrected chi connectivity index (χ2v) is 8.46. The maximum Gasteiger partial charge on any atom is 0.211 e. The lowest BCUT2D eigenvalue weighted by Crippen LogP contribution is -2.00. The molecule has 2 aromatic heterocycles. The molecule has 0 radical (unpaired) electrons. The molecule has 0 atom stereocenters. The monoisotopic (exact) mass is 372 g/mol. The zero-order valence-corrected chi connectivity index (χ0v) is 14.6. The zero-order chi connectivity index (χ0) is 18.0. The topological polar surface area (TPSA) is 105 Å². The maximum absolute atomic E-state index is 11.7. The van der Waals surface area contributed by atoms with Crippen LogP contribution in [0.2, 0.25) is 0 Å². The Morgan fingerprint density at radius 3 is 2.52 bits per heavy atom. The fraction of sp³-hybridized carbons (Fsp3) is 0.0625. The Labute approximate surface area is 148 Å². The molecule has 0 aliphatic heterocycles. The lowest BCUT2D eigenvalue weighted by atomic mass is 10.2. The van der Waals surface area contributed by atoms with Gasteiger partial charge < -0.3 is 5.32 Å². The van der Waals surface area contributed by atoms with E-state index in [4.69, 9.17) is 5.26 Å². The SMILES string of the molecule is CS(=O)(=O)c1ccc(-c2cc(C#N)nn2-c2ccc(NC=O)cc2)s1. The van der Waals surface area contributed by atoms with Crippen molar-refractivity contribution in [2.24, 2.45) is 0 Å². The van der Waals surface area contributed by atoms with E-state index in [1.807, 2.05) is 6.07 Å². The minimum Gasteiger partial charge on any atom is -0.329 e. The van der Waals surface area contributed by atoms with Crippen molar-refractivity contribution in [1.29, 1.82) is 5.26 Å². The first kappa shape index (κ1) is 16.9. The summed E-state index contributed by atoms with van der Waals surface area (Å²) in [5.74, 6) is 0. The Morgan fingerprint density at radius 2 is 1.96 bits per heavy atom. The van der Waals surface area contributed by atoms with Gasteiger partial charge in [-0.05, 0) is 36.4 Å². The first-order valence-electron chi connectivity index (χ1n) is 7.03. The molecule has 2 heterocycles. The predicted molar refractivity (Wildman–Crippen MR) is 94.4 cm³/mol. The molecule has 0 aliphatic rings. The first-order chi connectivity index (χ1) is 11.9. The van der Waals surface area contributed by atoms with Gasteiger partial charge in [0.05, 0.1) is 16.3 Å². The molecule has 0 spiro atoms. The van der Waals surface area contributed by atoms with Crippen molar-refractivity contribution in [3.8, 4) is 22.3 Å². The summed E-state index contributed by atoms with van der Waals surface area (Å²) in [5.41, 5.74) is 2.15. The molecule has 0 saturated carbocycles. The van der Waals surface area contributed by atoms with Gasteiger partial charge in [0.1, 0.15) is 10.3 Å². The van der Waals surface area contributed by atoms with Crippen molar-refractivity contribution in [1.82, 2.24) is 9.78 Å². The standard InChI is InChI=1S/C16H12N4O3S2/c1-25(22,23)16-7-6-15(24-16)14-8-12(9-17)19-20(14)13-4-2-11(3-5-13)18-10-21/h2-8,10H,1H3,(H,18,21). The number of nitriles is 1. The van der Waals surface area contributed by atoms with Gasteiger partial charge in [0.2, 0.25) is 6.41 Å². The van der Waals surface area contributed by atoms with E-state index in [1.54, 1.807) is 41.1 Å². The molecule has 1 N–H and O–H groups in total. The molecule has 25 heavy (non-hydrogen) atoms.